The number of benzene rings is 1. The Balaban J connectivity index is 2.69. The van der Waals surface area contributed by atoms with Crippen LogP contribution in [0.2, 0.25) is 0 Å². The van der Waals surface area contributed by atoms with Crippen LogP contribution in [0.1, 0.15) is 26.3 Å². The van der Waals surface area contributed by atoms with Crippen molar-refractivity contribution in [2.75, 3.05) is 0 Å². The predicted molar refractivity (Wildman–Crippen MR) is 73.9 cm³/mol. The molecular formula is C13H15BrF3NO3. The fraction of sp³-hybridized carbons (Fsp3) is 0.462. The smallest absolute Gasteiger partial charge is 0.444 e. The average Bonchev–Trinajstić information content (AvgIpc) is 2.20. The third kappa shape index (κ3) is 7.79. The molecule has 0 aliphatic rings. The number of carbonyl (C=O) groups is 1. The highest BCUT2D eigenvalue weighted by Crippen LogP contribution is 2.27. The number of ether oxygens (including phenoxy) is 2. The van der Waals surface area contributed by atoms with E-state index < -0.39 is 18.1 Å². The molecule has 0 radical (unpaired) electrons. The third-order valence-electron chi connectivity index (χ3n) is 2.00. The van der Waals surface area contributed by atoms with E-state index in [4.69, 9.17) is 4.74 Å². The predicted octanol–water partition coefficient (Wildman–Crippen LogP) is 4.37. The summed E-state index contributed by atoms with van der Waals surface area (Å²) in [6, 6.07) is 3.95. The number of alkyl carbamates (subject to hydrolysis) is 1. The van der Waals surface area contributed by atoms with Crippen molar-refractivity contribution >= 4 is 22.0 Å². The second kappa shape index (κ2) is 6.55. The van der Waals surface area contributed by atoms with E-state index >= 15 is 0 Å². The van der Waals surface area contributed by atoms with Crippen molar-refractivity contribution in [2.24, 2.45) is 0 Å². The van der Waals surface area contributed by atoms with Gasteiger partial charge in [-0.2, -0.15) is 0 Å². The van der Waals surface area contributed by atoms with Gasteiger partial charge in [0.05, 0.1) is 0 Å². The summed E-state index contributed by atoms with van der Waals surface area (Å²) in [5.41, 5.74) is -0.208. The first-order valence-corrected chi connectivity index (χ1v) is 6.76. The van der Waals surface area contributed by atoms with Gasteiger partial charge in [-0.1, -0.05) is 15.9 Å². The van der Waals surface area contributed by atoms with E-state index in [1.54, 1.807) is 26.8 Å². The molecule has 0 unspecified atom stereocenters. The fourth-order valence-corrected chi connectivity index (χ4v) is 1.92. The minimum atomic E-state index is -4.77. The Morgan fingerprint density at radius 1 is 1.24 bits per heavy atom. The highest BCUT2D eigenvalue weighted by Gasteiger charge is 2.31. The number of rotatable bonds is 3. The molecule has 0 saturated heterocycles. The van der Waals surface area contributed by atoms with Crippen LogP contribution in [0.4, 0.5) is 18.0 Å². The number of amides is 1. The van der Waals surface area contributed by atoms with Gasteiger partial charge in [-0.15, -0.1) is 13.2 Å². The van der Waals surface area contributed by atoms with Gasteiger partial charge in [0.25, 0.3) is 0 Å². The van der Waals surface area contributed by atoms with Gasteiger partial charge >= 0.3 is 12.5 Å². The summed E-state index contributed by atoms with van der Waals surface area (Å²) in [4.78, 5) is 11.5. The minimum Gasteiger partial charge on any atom is -0.444 e. The minimum absolute atomic E-state index is 0.0164. The molecular weight excluding hydrogens is 355 g/mol. The first-order chi connectivity index (χ1) is 9.44. The van der Waals surface area contributed by atoms with Crippen molar-refractivity contribution in [3.05, 3.63) is 28.2 Å². The summed E-state index contributed by atoms with van der Waals surface area (Å²) in [6.07, 6.45) is -5.42. The maximum Gasteiger partial charge on any atom is 0.573 e. The van der Waals surface area contributed by atoms with Gasteiger partial charge in [-0.05, 0) is 44.5 Å². The molecule has 0 saturated carbocycles. The zero-order chi connectivity index (χ0) is 16.3. The summed E-state index contributed by atoms with van der Waals surface area (Å²) >= 11 is 3.09. The summed E-state index contributed by atoms with van der Waals surface area (Å²) in [6.45, 7) is 5.14. The molecule has 21 heavy (non-hydrogen) atoms. The maximum atomic E-state index is 12.2. The maximum absolute atomic E-state index is 12.2. The van der Waals surface area contributed by atoms with Crippen molar-refractivity contribution in [1.29, 1.82) is 0 Å². The SMILES string of the molecule is CC(C)(C)OC(=O)NCc1cc(Br)cc(OC(F)(F)F)c1. The molecule has 0 spiro atoms. The molecule has 4 nitrogen and oxygen atoms in total. The molecule has 0 aromatic heterocycles. The number of alkyl halides is 3. The molecule has 0 bridgehead atoms. The summed E-state index contributed by atoms with van der Waals surface area (Å²) in [5, 5.41) is 2.45. The lowest BCUT2D eigenvalue weighted by Crippen LogP contribution is -2.32. The normalized spacial score (nSPS) is 12.0. The molecule has 0 aliphatic heterocycles. The Kier molecular flexibility index (Phi) is 5.49. The molecule has 8 heteroatoms. The van der Waals surface area contributed by atoms with Gasteiger partial charge in [0, 0.05) is 11.0 Å². The van der Waals surface area contributed by atoms with Crippen molar-refractivity contribution < 1.29 is 27.4 Å². The van der Waals surface area contributed by atoms with Crippen LogP contribution in [0, 0.1) is 0 Å². The van der Waals surface area contributed by atoms with E-state index in [0.29, 0.717) is 10.0 Å². The summed E-state index contributed by atoms with van der Waals surface area (Å²) in [7, 11) is 0. The largest absolute Gasteiger partial charge is 0.573 e. The lowest BCUT2D eigenvalue weighted by Gasteiger charge is -2.19. The van der Waals surface area contributed by atoms with E-state index in [-0.39, 0.29) is 12.3 Å². The fourth-order valence-electron chi connectivity index (χ4n) is 1.40. The third-order valence-corrected chi connectivity index (χ3v) is 2.46. The van der Waals surface area contributed by atoms with Gasteiger partial charge in [-0.3, -0.25) is 0 Å². The quantitative estimate of drug-likeness (QED) is 0.860. The van der Waals surface area contributed by atoms with Crippen molar-refractivity contribution in [3.63, 3.8) is 0 Å². The van der Waals surface area contributed by atoms with Crippen LogP contribution < -0.4 is 10.1 Å². The van der Waals surface area contributed by atoms with E-state index in [1.807, 2.05) is 0 Å². The van der Waals surface area contributed by atoms with Crippen LogP contribution in [0.5, 0.6) is 5.75 Å². The number of hydrogen-bond acceptors (Lipinski definition) is 3. The van der Waals surface area contributed by atoms with Gasteiger partial charge in [0.1, 0.15) is 11.4 Å². The van der Waals surface area contributed by atoms with E-state index in [1.165, 1.54) is 12.1 Å². The van der Waals surface area contributed by atoms with Crippen LogP contribution in [-0.4, -0.2) is 18.1 Å². The Bertz CT molecular complexity index is 512. The van der Waals surface area contributed by atoms with Crippen LogP contribution in [0.25, 0.3) is 0 Å². The number of hydrogen-bond donors (Lipinski definition) is 1. The standard InChI is InChI=1S/C13H15BrF3NO3/c1-12(2,3)21-11(19)18-7-8-4-9(14)6-10(5-8)20-13(15,16)17/h4-6H,7H2,1-3H3,(H,18,19). The molecule has 0 atom stereocenters. The lowest BCUT2D eigenvalue weighted by molar-refractivity contribution is -0.274. The zero-order valence-corrected chi connectivity index (χ0v) is 13.3. The highest BCUT2D eigenvalue weighted by atomic mass is 79.9. The monoisotopic (exact) mass is 369 g/mol. The van der Waals surface area contributed by atoms with Gasteiger partial charge in [-0.25, -0.2) is 4.79 Å². The molecule has 0 heterocycles. The summed E-state index contributed by atoms with van der Waals surface area (Å²) < 4.78 is 45.8. The number of halogens is 4. The Hall–Kier alpha value is -1.44. The highest BCUT2D eigenvalue weighted by molar-refractivity contribution is 9.10. The van der Waals surface area contributed by atoms with Crippen molar-refractivity contribution in [2.45, 2.75) is 39.3 Å². The van der Waals surface area contributed by atoms with Gasteiger partial charge in [0.2, 0.25) is 0 Å². The van der Waals surface area contributed by atoms with E-state index in [9.17, 15) is 18.0 Å². The Morgan fingerprint density at radius 2 is 1.86 bits per heavy atom. The first-order valence-electron chi connectivity index (χ1n) is 5.97. The topological polar surface area (TPSA) is 47.6 Å². The molecule has 1 N–H and O–H groups in total. The molecule has 1 rings (SSSR count). The van der Waals surface area contributed by atoms with E-state index in [0.717, 1.165) is 0 Å². The molecule has 118 valence electrons. The van der Waals surface area contributed by atoms with Crippen LogP contribution >= 0.6 is 15.9 Å². The Labute approximate surface area is 128 Å². The van der Waals surface area contributed by atoms with Crippen LogP contribution in [0.15, 0.2) is 22.7 Å². The number of nitrogens with one attached hydrogen (secondary N) is 1. The van der Waals surface area contributed by atoms with Crippen molar-refractivity contribution in [1.82, 2.24) is 5.32 Å². The van der Waals surface area contributed by atoms with Crippen molar-refractivity contribution in [3.8, 4) is 5.75 Å². The van der Waals surface area contributed by atoms with E-state index in [2.05, 4.69) is 26.0 Å². The van der Waals surface area contributed by atoms with Crippen LogP contribution in [-0.2, 0) is 11.3 Å². The molecule has 0 fully saturated rings. The second-order valence-electron chi connectivity index (χ2n) is 5.20. The lowest BCUT2D eigenvalue weighted by atomic mass is 10.2. The second-order valence-corrected chi connectivity index (χ2v) is 6.11. The molecule has 1 aromatic rings. The van der Waals surface area contributed by atoms with Crippen LogP contribution in [0.3, 0.4) is 0 Å². The summed E-state index contributed by atoms with van der Waals surface area (Å²) in [5.74, 6) is -0.363. The number of carbonyl (C=O) groups excluding carboxylic acids is 1. The molecule has 1 aromatic carbocycles. The van der Waals surface area contributed by atoms with Gasteiger partial charge in [0.15, 0.2) is 0 Å². The Morgan fingerprint density at radius 3 is 2.38 bits per heavy atom. The first kappa shape index (κ1) is 17.6. The molecule has 1 amide bonds. The zero-order valence-electron chi connectivity index (χ0n) is 11.7. The van der Waals surface area contributed by atoms with Gasteiger partial charge < -0.3 is 14.8 Å². The average molecular weight is 370 g/mol. The molecule has 0 aliphatic carbocycles.